The van der Waals surface area contributed by atoms with Gasteiger partial charge in [-0.05, 0) is 25.2 Å². The average molecular weight is 234 g/mol. The molecule has 0 unspecified atom stereocenters. The molecular formula is C11H22O3S. The lowest BCUT2D eigenvalue weighted by molar-refractivity contribution is -0.118. The van der Waals surface area contributed by atoms with Gasteiger partial charge in [-0.3, -0.25) is 0 Å². The van der Waals surface area contributed by atoms with Crippen LogP contribution < -0.4 is 0 Å². The van der Waals surface area contributed by atoms with E-state index < -0.39 is 9.84 Å². The van der Waals surface area contributed by atoms with E-state index in [-0.39, 0.29) is 22.7 Å². The Morgan fingerprint density at radius 2 is 1.80 bits per heavy atom. The summed E-state index contributed by atoms with van der Waals surface area (Å²) in [7, 11) is -2.86. The van der Waals surface area contributed by atoms with Crippen LogP contribution in [-0.2, 0) is 14.6 Å². The number of ketones is 1. The van der Waals surface area contributed by atoms with Gasteiger partial charge in [0.25, 0.3) is 0 Å². The molecule has 3 nitrogen and oxygen atoms in total. The molecule has 0 aromatic heterocycles. The molecule has 0 radical (unpaired) electrons. The summed E-state index contributed by atoms with van der Waals surface area (Å²) < 4.78 is 22.5. The Balaban J connectivity index is 4.00. The summed E-state index contributed by atoms with van der Waals surface area (Å²) in [6.07, 6.45) is 1.96. The van der Waals surface area contributed by atoms with Crippen LogP contribution in [0.4, 0.5) is 0 Å². The van der Waals surface area contributed by atoms with Crippen molar-refractivity contribution in [1.29, 1.82) is 0 Å². The summed E-state index contributed by atoms with van der Waals surface area (Å²) in [5.41, 5.74) is -0.0743. The molecule has 0 heterocycles. The molecule has 0 aliphatic carbocycles. The molecule has 0 aromatic rings. The minimum Gasteiger partial charge on any atom is -0.300 e. The highest BCUT2D eigenvalue weighted by Gasteiger charge is 2.20. The first-order chi connectivity index (χ1) is 6.68. The minimum atomic E-state index is -2.86. The van der Waals surface area contributed by atoms with E-state index in [1.807, 2.05) is 13.8 Å². The van der Waals surface area contributed by atoms with E-state index in [9.17, 15) is 13.2 Å². The number of hydrogen-bond donors (Lipinski definition) is 0. The van der Waals surface area contributed by atoms with E-state index in [1.165, 1.54) is 0 Å². The third kappa shape index (κ3) is 7.54. The maximum atomic E-state index is 11.2. The standard InChI is InChI=1S/C11H22O3S/c1-5-15(13,14)8-6-7-11(3,4)9-10(2)12/h5-9H2,1-4H3. The zero-order valence-electron chi connectivity index (χ0n) is 10.2. The van der Waals surface area contributed by atoms with Gasteiger partial charge in [-0.15, -0.1) is 0 Å². The maximum absolute atomic E-state index is 11.2. The fraction of sp³-hybridized carbons (Fsp3) is 0.909. The Bertz CT molecular complexity index is 302. The maximum Gasteiger partial charge on any atom is 0.150 e. The van der Waals surface area contributed by atoms with Gasteiger partial charge in [-0.2, -0.15) is 0 Å². The van der Waals surface area contributed by atoms with Crippen molar-refractivity contribution in [3.05, 3.63) is 0 Å². The molecule has 0 aromatic carbocycles. The van der Waals surface area contributed by atoms with Crippen molar-refractivity contribution < 1.29 is 13.2 Å². The van der Waals surface area contributed by atoms with Crippen LogP contribution >= 0.6 is 0 Å². The van der Waals surface area contributed by atoms with E-state index in [4.69, 9.17) is 0 Å². The van der Waals surface area contributed by atoms with Crippen LogP contribution in [0.2, 0.25) is 0 Å². The fourth-order valence-corrected chi connectivity index (χ4v) is 2.55. The van der Waals surface area contributed by atoms with Crippen molar-refractivity contribution in [3.63, 3.8) is 0 Å². The van der Waals surface area contributed by atoms with Gasteiger partial charge in [-0.1, -0.05) is 20.8 Å². The molecule has 0 spiro atoms. The van der Waals surface area contributed by atoms with Gasteiger partial charge < -0.3 is 4.79 Å². The lowest BCUT2D eigenvalue weighted by Gasteiger charge is -2.22. The predicted octanol–water partition coefficient (Wildman–Crippen LogP) is 2.21. The number of Topliss-reactive ketones (excluding diaryl/α,β-unsaturated/α-hetero) is 1. The molecule has 0 amide bonds. The molecule has 0 saturated heterocycles. The first kappa shape index (κ1) is 14.6. The van der Waals surface area contributed by atoms with Gasteiger partial charge >= 0.3 is 0 Å². The first-order valence-corrected chi connectivity index (χ1v) is 7.20. The normalized spacial score (nSPS) is 12.8. The van der Waals surface area contributed by atoms with E-state index in [2.05, 4.69) is 0 Å². The zero-order chi connectivity index (χ0) is 12.1. The second kappa shape index (κ2) is 5.64. The van der Waals surface area contributed by atoms with Crippen molar-refractivity contribution in [2.45, 2.75) is 47.0 Å². The molecule has 0 rings (SSSR count). The highest BCUT2D eigenvalue weighted by Crippen LogP contribution is 2.27. The monoisotopic (exact) mass is 234 g/mol. The molecule has 0 aliphatic rings. The number of carbonyl (C=O) groups excluding carboxylic acids is 1. The highest BCUT2D eigenvalue weighted by atomic mass is 32.2. The topological polar surface area (TPSA) is 51.2 Å². The number of rotatable bonds is 7. The quantitative estimate of drug-likeness (QED) is 0.678. The van der Waals surface area contributed by atoms with Gasteiger partial charge in [0.15, 0.2) is 0 Å². The van der Waals surface area contributed by atoms with Crippen LogP contribution in [0.1, 0.15) is 47.0 Å². The zero-order valence-corrected chi connectivity index (χ0v) is 11.0. The molecule has 0 saturated carbocycles. The van der Waals surface area contributed by atoms with Gasteiger partial charge in [-0.25, -0.2) is 8.42 Å². The Morgan fingerprint density at radius 1 is 1.27 bits per heavy atom. The summed E-state index contributed by atoms with van der Waals surface area (Å²) in [6, 6.07) is 0. The van der Waals surface area contributed by atoms with Crippen LogP contribution in [0.5, 0.6) is 0 Å². The smallest absolute Gasteiger partial charge is 0.150 e. The third-order valence-corrected chi connectivity index (χ3v) is 4.27. The minimum absolute atomic E-state index is 0.0743. The van der Waals surface area contributed by atoms with Crippen molar-refractivity contribution in [1.82, 2.24) is 0 Å². The Morgan fingerprint density at radius 3 is 2.20 bits per heavy atom. The van der Waals surface area contributed by atoms with Crippen molar-refractivity contribution in [3.8, 4) is 0 Å². The van der Waals surface area contributed by atoms with E-state index >= 15 is 0 Å². The molecule has 0 N–H and O–H groups in total. The van der Waals surface area contributed by atoms with Gasteiger partial charge in [0.05, 0.1) is 5.75 Å². The summed E-state index contributed by atoms with van der Waals surface area (Å²) in [5.74, 6) is 0.615. The number of carbonyl (C=O) groups is 1. The molecule has 0 fully saturated rings. The Hall–Kier alpha value is -0.380. The molecule has 0 aliphatic heterocycles. The van der Waals surface area contributed by atoms with E-state index in [1.54, 1.807) is 13.8 Å². The lowest BCUT2D eigenvalue weighted by Crippen LogP contribution is -2.18. The van der Waals surface area contributed by atoms with Gasteiger partial charge in [0, 0.05) is 12.2 Å². The van der Waals surface area contributed by atoms with Crippen LogP contribution in [0, 0.1) is 5.41 Å². The first-order valence-electron chi connectivity index (χ1n) is 5.38. The molecular weight excluding hydrogens is 212 g/mol. The lowest BCUT2D eigenvalue weighted by atomic mass is 9.83. The van der Waals surface area contributed by atoms with Crippen molar-refractivity contribution in [2.24, 2.45) is 5.41 Å². The second-order valence-electron chi connectivity index (χ2n) is 4.88. The Labute approximate surface area is 93.2 Å². The summed E-state index contributed by atoms with van der Waals surface area (Å²) in [5, 5.41) is 0. The SMILES string of the molecule is CCS(=O)(=O)CCCC(C)(C)CC(C)=O. The molecule has 15 heavy (non-hydrogen) atoms. The van der Waals surface area contributed by atoms with Crippen molar-refractivity contribution >= 4 is 15.6 Å². The van der Waals surface area contributed by atoms with Crippen LogP contribution in [0.25, 0.3) is 0 Å². The molecule has 0 bridgehead atoms. The van der Waals surface area contributed by atoms with Crippen LogP contribution in [0.15, 0.2) is 0 Å². The third-order valence-electron chi connectivity index (χ3n) is 2.48. The van der Waals surface area contributed by atoms with Gasteiger partial charge in [0.1, 0.15) is 15.6 Å². The van der Waals surface area contributed by atoms with E-state index in [0.717, 1.165) is 6.42 Å². The number of sulfone groups is 1. The summed E-state index contributed by atoms with van der Waals surface area (Å²) >= 11 is 0. The highest BCUT2D eigenvalue weighted by molar-refractivity contribution is 7.91. The largest absolute Gasteiger partial charge is 0.300 e. The summed E-state index contributed by atoms with van der Waals surface area (Å²) in [4.78, 5) is 11.0. The fourth-order valence-electron chi connectivity index (χ4n) is 1.68. The van der Waals surface area contributed by atoms with Crippen LogP contribution in [0.3, 0.4) is 0 Å². The predicted molar refractivity (Wildman–Crippen MR) is 62.6 cm³/mol. The molecule has 4 heteroatoms. The van der Waals surface area contributed by atoms with Gasteiger partial charge in [0.2, 0.25) is 0 Å². The Kier molecular flexibility index (Phi) is 5.49. The molecule has 90 valence electrons. The number of hydrogen-bond acceptors (Lipinski definition) is 3. The summed E-state index contributed by atoms with van der Waals surface area (Å²) in [6.45, 7) is 7.25. The molecule has 0 atom stereocenters. The average Bonchev–Trinajstić information content (AvgIpc) is 2.00. The van der Waals surface area contributed by atoms with Crippen molar-refractivity contribution in [2.75, 3.05) is 11.5 Å². The van der Waals surface area contributed by atoms with E-state index in [0.29, 0.717) is 12.8 Å². The second-order valence-corrected chi connectivity index (χ2v) is 7.36. The van der Waals surface area contributed by atoms with Crippen LogP contribution in [-0.4, -0.2) is 25.7 Å².